The number of amides is 2. The maximum absolute atomic E-state index is 12.5. The molecule has 1 N–H and O–H groups in total. The summed E-state index contributed by atoms with van der Waals surface area (Å²) in [5.74, 6) is 1.97. The lowest BCUT2D eigenvalue weighted by Gasteiger charge is -2.25. The first-order valence-electron chi connectivity index (χ1n) is 11.1. The molecule has 0 saturated heterocycles. The highest BCUT2D eigenvalue weighted by Crippen LogP contribution is 2.34. The number of benzene rings is 2. The van der Waals surface area contributed by atoms with Crippen LogP contribution in [-0.4, -0.2) is 35.7 Å². The Morgan fingerprint density at radius 2 is 2.03 bits per heavy atom. The van der Waals surface area contributed by atoms with Gasteiger partial charge in [-0.25, -0.2) is 9.78 Å². The second kappa shape index (κ2) is 8.57. The van der Waals surface area contributed by atoms with E-state index in [2.05, 4.69) is 10.3 Å². The van der Waals surface area contributed by atoms with Crippen LogP contribution in [0.2, 0.25) is 0 Å². The van der Waals surface area contributed by atoms with Gasteiger partial charge in [-0.05, 0) is 67.5 Å². The zero-order valence-electron chi connectivity index (χ0n) is 18.4. The van der Waals surface area contributed by atoms with Gasteiger partial charge in [0.15, 0.2) is 17.1 Å². The molecule has 1 fully saturated rings. The number of ether oxygens (including phenoxy) is 2. The Hall–Kier alpha value is -3.48. The summed E-state index contributed by atoms with van der Waals surface area (Å²) >= 11 is 0. The number of carbonyl (C=O) groups excluding carboxylic acids is 1. The number of methoxy groups -OCH3 is 1. The molecule has 0 radical (unpaired) electrons. The van der Waals surface area contributed by atoms with Gasteiger partial charge in [-0.1, -0.05) is 18.2 Å². The summed E-state index contributed by atoms with van der Waals surface area (Å²) in [4.78, 5) is 18.7. The van der Waals surface area contributed by atoms with Crippen molar-refractivity contribution in [3.8, 4) is 11.5 Å². The lowest BCUT2D eigenvalue weighted by Crippen LogP contribution is -2.41. The van der Waals surface area contributed by atoms with Crippen molar-refractivity contribution in [1.29, 1.82) is 0 Å². The predicted molar refractivity (Wildman–Crippen MR) is 122 cm³/mol. The summed E-state index contributed by atoms with van der Waals surface area (Å²) in [6.07, 6.45) is 6.65. The molecular weight excluding hydrogens is 406 g/mol. The first-order chi connectivity index (χ1) is 15.6. The maximum Gasteiger partial charge on any atom is 0.322 e. The molecule has 32 heavy (non-hydrogen) atoms. The zero-order valence-corrected chi connectivity index (χ0v) is 18.4. The SMILES string of the molecule is COc1ccc(C2=CN(Cc3nc4c(C)cccc4o3)C(=O)NC2)cc1OC1CCCC1. The van der Waals surface area contributed by atoms with E-state index in [1.807, 2.05) is 49.5 Å². The average molecular weight is 434 g/mol. The van der Waals surface area contributed by atoms with Gasteiger partial charge in [0.05, 0.1) is 13.2 Å². The third-order valence-electron chi connectivity index (χ3n) is 6.10. The number of nitrogens with one attached hydrogen (secondary N) is 1. The smallest absolute Gasteiger partial charge is 0.322 e. The van der Waals surface area contributed by atoms with Crippen LogP contribution in [0.1, 0.15) is 42.7 Å². The number of nitrogens with zero attached hydrogens (tertiary/aromatic N) is 2. The first-order valence-corrected chi connectivity index (χ1v) is 11.1. The van der Waals surface area contributed by atoms with Gasteiger partial charge >= 0.3 is 6.03 Å². The topological polar surface area (TPSA) is 76.8 Å². The van der Waals surface area contributed by atoms with Crippen molar-refractivity contribution in [1.82, 2.24) is 15.2 Å². The van der Waals surface area contributed by atoms with E-state index in [0.29, 0.717) is 12.4 Å². The molecule has 0 bridgehead atoms. The maximum atomic E-state index is 12.5. The van der Waals surface area contributed by atoms with E-state index < -0.39 is 0 Å². The lowest BCUT2D eigenvalue weighted by molar-refractivity contribution is 0.200. The third-order valence-corrected chi connectivity index (χ3v) is 6.10. The van der Waals surface area contributed by atoms with E-state index in [0.717, 1.165) is 52.1 Å². The van der Waals surface area contributed by atoms with Crippen molar-refractivity contribution >= 4 is 22.7 Å². The van der Waals surface area contributed by atoms with Crippen molar-refractivity contribution in [3.63, 3.8) is 0 Å². The van der Waals surface area contributed by atoms with Crippen molar-refractivity contribution in [2.24, 2.45) is 0 Å². The van der Waals surface area contributed by atoms with Crippen LogP contribution in [0.5, 0.6) is 11.5 Å². The summed E-state index contributed by atoms with van der Waals surface area (Å²) < 4.78 is 17.6. The molecule has 1 saturated carbocycles. The fourth-order valence-electron chi connectivity index (χ4n) is 4.36. The molecule has 1 aromatic heterocycles. The number of carbonyl (C=O) groups is 1. The number of urea groups is 1. The monoisotopic (exact) mass is 433 g/mol. The average Bonchev–Trinajstić information content (AvgIpc) is 3.45. The van der Waals surface area contributed by atoms with E-state index in [4.69, 9.17) is 13.9 Å². The van der Waals surface area contributed by atoms with Crippen LogP contribution in [0.4, 0.5) is 4.79 Å². The quantitative estimate of drug-likeness (QED) is 0.590. The molecule has 5 rings (SSSR count). The van der Waals surface area contributed by atoms with Gasteiger partial charge < -0.3 is 19.2 Å². The number of aromatic nitrogens is 1. The molecule has 166 valence electrons. The number of oxazole rings is 1. The van der Waals surface area contributed by atoms with Crippen LogP contribution < -0.4 is 14.8 Å². The fraction of sp³-hybridized carbons (Fsp3) is 0.360. The number of para-hydroxylation sites is 1. The summed E-state index contributed by atoms with van der Waals surface area (Å²) in [6, 6.07) is 11.6. The number of hydrogen-bond acceptors (Lipinski definition) is 5. The molecule has 0 atom stereocenters. The van der Waals surface area contributed by atoms with Gasteiger partial charge in [0.1, 0.15) is 12.1 Å². The van der Waals surface area contributed by atoms with Crippen molar-refractivity contribution in [2.45, 2.75) is 45.3 Å². The predicted octanol–water partition coefficient (Wildman–Crippen LogP) is 5.03. The van der Waals surface area contributed by atoms with Crippen LogP contribution >= 0.6 is 0 Å². The molecule has 1 aliphatic heterocycles. The molecule has 2 heterocycles. The summed E-state index contributed by atoms with van der Waals surface area (Å²) in [7, 11) is 1.65. The Kier molecular flexibility index (Phi) is 5.47. The first kappa shape index (κ1) is 20.4. The minimum atomic E-state index is -0.177. The normalized spacial score (nSPS) is 16.9. The highest BCUT2D eigenvalue weighted by atomic mass is 16.5. The third kappa shape index (κ3) is 4.02. The van der Waals surface area contributed by atoms with Crippen molar-refractivity contribution in [3.05, 3.63) is 59.6 Å². The number of hydrogen-bond donors (Lipinski definition) is 1. The second-order valence-electron chi connectivity index (χ2n) is 8.36. The molecule has 2 amide bonds. The van der Waals surface area contributed by atoms with E-state index >= 15 is 0 Å². The second-order valence-corrected chi connectivity index (χ2v) is 8.36. The summed E-state index contributed by atoms with van der Waals surface area (Å²) in [6.45, 7) is 2.69. The van der Waals surface area contributed by atoms with Gasteiger partial charge in [0.25, 0.3) is 0 Å². The van der Waals surface area contributed by atoms with E-state index in [-0.39, 0.29) is 18.7 Å². The Morgan fingerprint density at radius 3 is 2.81 bits per heavy atom. The molecule has 3 aromatic rings. The number of aryl methyl sites for hydroxylation is 1. The van der Waals surface area contributed by atoms with Gasteiger partial charge in [-0.3, -0.25) is 4.90 Å². The molecule has 7 nitrogen and oxygen atoms in total. The molecule has 2 aromatic carbocycles. The minimum Gasteiger partial charge on any atom is -0.493 e. The minimum absolute atomic E-state index is 0.177. The largest absolute Gasteiger partial charge is 0.493 e. The van der Waals surface area contributed by atoms with Crippen LogP contribution in [-0.2, 0) is 6.54 Å². The summed E-state index contributed by atoms with van der Waals surface area (Å²) in [5, 5.41) is 2.94. The number of fused-ring (bicyclic) bond motifs is 1. The number of rotatable bonds is 6. The molecule has 0 unspecified atom stereocenters. The lowest BCUT2D eigenvalue weighted by atomic mass is 10.0. The fourth-order valence-corrected chi connectivity index (χ4v) is 4.36. The standard InChI is InChI=1S/C25H27N3O4/c1-16-6-5-9-21-24(16)27-23(32-21)15-28-14-18(13-26-25(28)29)17-10-11-20(30-2)22(12-17)31-19-7-3-4-8-19/h5-6,9-12,14,19H,3-4,7-8,13,15H2,1-2H3,(H,26,29). The van der Waals surface area contributed by atoms with E-state index in [1.54, 1.807) is 12.0 Å². The molecule has 2 aliphatic rings. The van der Waals surface area contributed by atoms with E-state index in [1.165, 1.54) is 12.8 Å². The van der Waals surface area contributed by atoms with Crippen LogP contribution in [0.25, 0.3) is 16.7 Å². The Morgan fingerprint density at radius 1 is 1.19 bits per heavy atom. The van der Waals surface area contributed by atoms with Crippen molar-refractivity contribution in [2.75, 3.05) is 13.7 Å². The molecule has 1 aliphatic carbocycles. The molecule has 7 heteroatoms. The van der Waals surface area contributed by atoms with Crippen LogP contribution in [0.3, 0.4) is 0 Å². The Labute approximate surface area is 187 Å². The summed E-state index contributed by atoms with van der Waals surface area (Å²) in [5.41, 5.74) is 4.57. The van der Waals surface area contributed by atoms with Crippen LogP contribution in [0, 0.1) is 6.92 Å². The Bertz CT molecular complexity index is 1180. The molecule has 0 spiro atoms. The van der Waals surface area contributed by atoms with Gasteiger partial charge in [0.2, 0.25) is 5.89 Å². The van der Waals surface area contributed by atoms with E-state index in [9.17, 15) is 4.79 Å². The highest BCUT2D eigenvalue weighted by Gasteiger charge is 2.23. The van der Waals surface area contributed by atoms with Gasteiger partial charge in [0, 0.05) is 12.7 Å². The zero-order chi connectivity index (χ0) is 22.1. The Balaban J connectivity index is 1.40. The van der Waals surface area contributed by atoms with Crippen molar-refractivity contribution < 1.29 is 18.7 Å². The molecular formula is C25H27N3O4. The van der Waals surface area contributed by atoms with Crippen LogP contribution in [0.15, 0.2) is 47.0 Å². The van der Waals surface area contributed by atoms with Gasteiger partial charge in [-0.2, -0.15) is 0 Å². The highest BCUT2D eigenvalue weighted by molar-refractivity contribution is 5.84. The van der Waals surface area contributed by atoms with Gasteiger partial charge in [-0.15, -0.1) is 0 Å².